The van der Waals surface area contributed by atoms with Crippen molar-refractivity contribution in [2.75, 3.05) is 32.3 Å². The molecule has 0 aromatic heterocycles. The lowest BCUT2D eigenvalue weighted by atomic mass is 10.1. The fourth-order valence-electron chi connectivity index (χ4n) is 2.93. The summed E-state index contributed by atoms with van der Waals surface area (Å²) in [7, 11) is 3.36. The molecule has 2 aromatic carbocycles. The molecule has 5 heteroatoms. The highest BCUT2D eigenvalue weighted by Crippen LogP contribution is 2.30. The maximum absolute atomic E-state index is 5.99. The average molecular weight is 413 g/mol. The SMILES string of the molecule is C=C(N/C(=C\C)C(=C)N(CCOC)c1cc(OC)ccc1C)c1ccc(Cl)cc1. The van der Waals surface area contributed by atoms with Crippen LogP contribution in [0.2, 0.25) is 5.02 Å². The van der Waals surface area contributed by atoms with Crippen LogP contribution in [0.1, 0.15) is 18.1 Å². The van der Waals surface area contributed by atoms with Crippen LogP contribution in [0, 0.1) is 6.92 Å². The molecule has 1 N–H and O–H groups in total. The van der Waals surface area contributed by atoms with Gasteiger partial charge in [-0.2, -0.15) is 0 Å². The van der Waals surface area contributed by atoms with E-state index in [-0.39, 0.29) is 0 Å². The van der Waals surface area contributed by atoms with Crippen LogP contribution in [-0.4, -0.2) is 27.4 Å². The number of aryl methyl sites for hydroxylation is 1. The molecular weight excluding hydrogens is 384 g/mol. The van der Waals surface area contributed by atoms with E-state index in [1.807, 2.05) is 55.5 Å². The lowest BCUT2D eigenvalue weighted by Crippen LogP contribution is -2.30. The number of methoxy groups -OCH3 is 2. The van der Waals surface area contributed by atoms with E-state index in [1.165, 1.54) is 0 Å². The van der Waals surface area contributed by atoms with Crippen molar-refractivity contribution >= 4 is 23.0 Å². The Labute approximate surface area is 179 Å². The minimum Gasteiger partial charge on any atom is -0.497 e. The Bertz CT molecular complexity index is 888. The van der Waals surface area contributed by atoms with Gasteiger partial charge >= 0.3 is 0 Å². The van der Waals surface area contributed by atoms with E-state index in [4.69, 9.17) is 21.1 Å². The van der Waals surface area contributed by atoms with E-state index in [9.17, 15) is 0 Å². The van der Waals surface area contributed by atoms with E-state index in [1.54, 1.807) is 14.2 Å². The number of ether oxygens (including phenoxy) is 2. The Kier molecular flexibility index (Phi) is 8.37. The number of benzene rings is 2. The van der Waals surface area contributed by atoms with Crippen molar-refractivity contribution in [2.24, 2.45) is 0 Å². The number of nitrogens with zero attached hydrogens (tertiary/aromatic N) is 1. The Morgan fingerprint density at radius 2 is 1.83 bits per heavy atom. The second-order valence-corrected chi connectivity index (χ2v) is 6.99. The van der Waals surface area contributed by atoms with Crippen LogP contribution >= 0.6 is 11.6 Å². The third kappa shape index (κ3) is 5.89. The maximum atomic E-state index is 5.99. The van der Waals surface area contributed by atoms with Gasteiger partial charge < -0.3 is 19.7 Å². The lowest BCUT2D eigenvalue weighted by molar-refractivity contribution is 0.206. The number of halogens is 1. The van der Waals surface area contributed by atoms with Gasteiger partial charge in [0.15, 0.2) is 0 Å². The van der Waals surface area contributed by atoms with Crippen LogP contribution in [0.5, 0.6) is 5.75 Å². The first kappa shape index (κ1) is 22.6. The quantitative estimate of drug-likeness (QED) is 0.501. The zero-order chi connectivity index (χ0) is 21.4. The molecule has 0 heterocycles. The lowest BCUT2D eigenvalue weighted by Gasteiger charge is -2.30. The third-order valence-corrected chi connectivity index (χ3v) is 4.88. The molecule has 0 bridgehead atoms. The zero-order valence-electron chi connectivity index (χ0n) is 17.6. The normalized spacial score (nSPS) is 11.1. The molecule has 2 rings (SSSR count). The van der Waals surface area contributed by atoms with Gasteiger partial charge in [-0.3, -0.25) is 0 Å². The first-order valence-corrected chi connectivity index (χ1v) is 9.77. The van der Waals surface area contributed by atoms with Crippen LogP contribution in [0.25, 0.3) is 5.70 Å². The Hall–Kier alpha value is -2.69. The number of hydrogen-bond acceptors (Lipinski definition) is 4. The minimum absolute atomic E-state index is 0.560. The first-order chi connectivity index (χ1) is 13.9. The second-order valence-electron chi connectivity index (χ2n) is 6.56. The summed E-state index contributed by atoms with van der Waals surface area (Å²) in [5.74, 6) is 0.793. The van der Waals surface area contributed by atoms with Crippen LogP contribution in [-0.2, 0) is 4.74 Å². The molecule has 0 aliphatic carbocycles. The van der Waals surface area contributed by atoms with Gasteiger partial charge in [-0.15, -0.1) is 0 Å². The van der Waals surface area contributed by atoms with E-state index in [0.717, 1.165) is 39.7 Å². The Morgan fingerprint density at radius 3 is 2.41 bits per heavy atom. The van der Waals surface area contributed by atoms with Crippen molar-refractivity contribution in [3.63, 3.8) is 0 Å². The summed E-state index contributed by atoms with van der Waals surface area (Å²) in [4.78, 5) is 2.12. The molecule has 0 aliphatic heterocycles. The molecule has 0 atom stereocenters. The van der Waals surface area contributed by atoms with Gasteiger partial charge in [0.05, 0.1) is 25.1 Å². The van der Waals surface area contributed by atoms with Gasteiger partial charge in [0, 0.05) is 36.1 Å². The van der Waals surface area contributed by atoms with Crippen LogP contribution in [0.15, 0.2) is 73.1 Å². The Balaban J connectivity index is 2.31. The fourth-order valence-corrected chi connectivity index (χ4v) is 3.06. The molecule has 0 aliphatic rings. The summed E-state index contributed by atoms with van der Waals surface area (Å²) in [6, 6.07) is 13.6. The summed E-state index contributed by atoms with van der Waals surface area (Å²) >= 11 is 5.99. The predicted molar refractivity (Wildman–Crippen MR) is 123 cm³/mol. The summed E-state index contributed by atoms with van der Waals surface area (Å²) < 4.78 is 10.8. The van der Waals surface area contributed by atoms with Crippen molar-refractivity contribution in [1.29, 1.82) is 0 Å². The van der Waals surface area contributed by atoms with Gasteiger partial charge in [0.1, 0.15) is 5.75 Å². The van der Waals surface area contributed by atoms with Crippen molar-refractivity contribution in [2.45, 2.75) is 13.8 Å². The number of nitrogens with one attached hydrogen (secondary N) is 1. The molecule has 0 saturated carbocycles. The van der Waals surface area contributed by atoms with Crippen molar-refractivity contribution < 1.29 is 9.47 Å². The summed E-state index contributed by atoms with van der Waals surface area (Å²) in [5.41, 5.74) is 5.55. The molecule has 0 fully saturated rings. The maximum Gasteiger partial charge on any atom is 0.120 e. The number of hydrogen-bond donors (Lipinski definition) is 1. The van der Waals surface area contributed by atoms with Gasteiger partial charge in [0.25, 0.3) is 0 Å². The van der Waals surface area contributed by atoms with E-state index >= 15 is 0 Å². The van der Waals surface area contributed by atoms with Crippen LogP contribution in [0.4, 0.5) is 5.69 Å². The largest absolute Gasteiger partial charge is 0.497 e. The Morgan fingerprint density at radius 1 is 1.14 bits per heavy atom. The molecule has 4 nitrogen and oxygen atoms in total. The molecule has 0 saturated heterocycles. The standard InChI is InChI=1S/C24H29ClN2O2/c1-7-23(26-18(3)20-9-11-21(25)12-10-20)19(4)27(14-15-28-5)24-16-22(29-6)13-8-17(24)2/h7-13,16,26H,3-4,14-15H2,1-2,5-6H3/b23-7-. The number of allylic oxidation sites excluding steroid dienone is 1. The molecule has 29 heavy (non-hydrogen) atoms. The van der Waals surface area contributed by atoms with Gasteiger partial charge in [-0.25, -0.2) is 0 Å². The van der Waals surface area contributed by atoms with E-state index in [0.29, 0.717) is 18.2 Å². The molecule has 0 spiro atoms. The van der Waals surface area contributed by atoms with Crippen molar-refractivity contribution in [3.8, 4) is 5.75 Å². The second kappa shape index (κ2) is 10.7. The summed E-state index contributed by atoms with van der Waals surface area (Å²) in [5, 5.41) is 4.08. The number of anilines is 1. The molecule has 0 amide bonds. The predicted octanol–water partition coefficient (Wildman–Crippen LogP) is 5.79. The van der Waals surface area contributed by atoms with Crippen LogP contribution < -0.4 is 15.0 Å². The fraction of sp³-hybridized carbons (Fsp3) is 0.250. The number of rotatable bonds is 10. The van der Waals surface area contributed by atoms with Crippen LogP contribution in [0.3, 0.4) is 0 Å². The molecule has 2 aromatic rings. The summed E-state index contributed by atoms with van der Waals surface area (Å²) in [6.07, 6.45) is 1.98. The first-order valence-electron chi connectivity index (χ1n) is 9.39. The topological polar surface area (TPSA) is 33.7 Å². The summed E-state index contributed by atoms with van der Waals surface area (Å²) in [6.45, 7) is 13.8. The molecule has 154 valence electrons. The van der Waals surface area contributed by atoms with E-state index < -0.39 is 0 Å². The molecule has 0 radical (unpaired) electrons. The van der Waals surface area contributed by atoms with Gasteiger partial charge in [-0.1, -0.05) is 49.0 Å². The highest BCUT2D eigenvalue weighted by Gasteiger charge is 2.17. The monoisotopic (exact) mass is 412 g/mol. The van der Waals surface area contributed by atoms with Crippen molar-refractivity contribution in [1.82, 2.24) is 5.32 Å². The minimum atomic E-state index is 0.560. The third-order valence-electron chi connectivity index (χ3n) is 4.63. The molecular formula is C24H29ClN2O2. The zero-order valence-corrected chi connectivity index (χ0v) is 18.3. The highest BCUT2D eigenvalue weighted by molar-refractivity contribution is 6.30. The average Bonchev–Trinajstić information content (AvgIpc) is 2.73. The molecule has 0 unspecified atom stereocenters. The smallest absolute Gasteiger partial charge is 0.120 e. The van der Waals surface area contributed by atoms with E-state index in [2.05, 4.69) is 30.3 Å². The van der Waals surface area contributed by atoms with Gasteiger partial charge in [-0.05, 0) is 43.2 Å². The van der Waals surface area contributed by atoms with Gasteiger partial charge in [0.2, 0.25) is 0 Å². The van der Waals surface area contributed by atoms with Crippen molar-refractivity contribution in [3.05, 3.63) is 89.2 Å². The highest BCUT2D eigenvalue weighted by atomic mass is 35.5.